The molecule has 0 aliphatic rings. The molecule has 10 heteroatoms. The lowest BCUT2D eigenvalue weighted by molar-refractivity contribution is -0.136. The molecule has 0 radical (unpaired) electrons. The number of nitrogens with two attached hydrogens (primary N) is 1. The van der Waals surface area contributed by atoms with E-state index in [1.165, 1.54) is 18.2 Å². The summed E-state index contributed by atoms with van der Waals surface area (Å²) < 4.78 is 22.4. The van der Waals surface area contributed by atoms with E-state index in [4.69, 9.17) is 10.2 Å². The standard InChI is InChI=1S/C12H18N4O5S/c13-22(20,21)10-3-1-2-9(6-10)16-11(17)7-14-4-5-15-8-12(18)19/h1-3,6,14-15H,4-5,7-8H2,(H,16,17)(H,18,19)(H2,13,20,21). The Morgan fingerprint density at radius 1 is 1.14 bits per heavy atom. The van der Waals surface area contributed by atoms with Crippen molar-refractivity contribution >= 4 is 27.6 Å². The molecule has 0 aliphatic heterocycles. The minimum absolute atomic E-state index is 0.00829. The number of carboxylic acids is 1. The van der Waals surface area contributed by atoms with Crippen molar-refractivity contribution in [1.29, 1.82) is 0 Å². The first-order valence-corrected chi connectivity index (χ1v) is 7.89. The lowest BCUT2D eigenvalue weighted by atomic mass is 10.3. The van der Waals surface area contributed by atoms with Crippen molar-refractivity contribution in [2.75, 3.05) is 31.5 Å². The second kappa shape index (κ2) is 8.44. The number of hydrogen-bond donors (Lipinski definition) is 5. The molecule has 0 aromatic heterocycles. The molecule has 1 rings (SSSR count). The quantitative estimate of drug-likeness (QED) is 0.347. The van der Waals surface area contributed by atoms with E-state index < -0.39 is 16.0 Å². The third kappa shape index (κ3) is 7.13. The number of aliphatic carboxylic acids is 1. The topological polar surface area (TPSA) is 151 Å². The van der Waals surface area contributed by atoms with Gasteiger partial charge < -0.3 is 21.1 Å². The van der Waals surface area contributed by atoms with Crippen LogP contribution in [0.4, 0.5) is 5.69 Å². The molecule has 0 aliphatic carbocycles. The van der Waals surface area contributed by atoms with Gasteiger partial charge in [-0.25, -0.2) is 13.6 Å². The zero-order valence-corrected chi connectivity index (χ0v) is 12.5. The second-order valence-electron chi connectivity index (χ2n) is 4.37. The van der Waals surface area contributed by atoms with E-state index in [2.05, 4.69) is 16.0 Å². The fourth-order valence-corrected chi connectivity index (χ4v) is 2.09. The summed E-state index contributed by atoms with van der Waals surface area (Å²) in [7, 11) is -3.82. The molecule has 22 heavy (non-hydrogen) atoms. The number of carbonyl (C=O) groups is 2. The van der Waals surface area contributed by atoms with E-state index in [-0.39, 0.29) is 23.9 Å². The van der Waals surface area contributed by atoms with Gasteiger partial charge in [0.2, 0.25) is 15.9 Å². The lowest BCUT2D eigenvalue weighted by Gasteiger charge is -2.08. The average molecular weight is 330 g/mol. The average Bonchev–Trinajstić information content (AvgIpc) is 2.41. The maximum absolute atomic E-state index is 11.6. The third-order valence-electron chi connectivity index (χ3n) is 2.49. The third-order valence-corrected chi connectivity index (χ3v) is 3.40. The van der Waals surface area contributed by atoms with Gasteiger partial charge in [0.25, 0.3) is 0 Å². The summed E-state index contributed by atoms with van der Waals surface area (Å²) in [6.45, 7) is 0.682. The number of rotatable bonds is 9. The van der Waals surface area contributed by atoms with Gasteiger partial charge in [-0.15, -0.1) is 0 Å². The molecule has 0 spiro atoms. The van der Waals surface area contributed by atoms with Gasteiger partial charge in [0, 0.05) is 18.8 Å². The smallest absolute Gasteiger partial charge is 0.317 e. The van der Waals surface area contributed by atoms with E-state index in [0.29, 0.717) is 18.8 Å². The Bertz CT molecular complexity index is 632. The number of carboxylic acid groups (broad SMARTS) is 1. The molecule has 6 N–H and O–H groups in total. The van der Waals surface area contributed by atoms with E-state index in [1.807, 2.05) is 0 Å². The van der Waals surface area contributed by atoms with Crippen molar-refractivity contribution in [3.8, 4) is 0 Å². The first-order chi connectivity index (χ1) is 10.3. The highest BCUT2D eigenvalue weighted by atomic mass is 32.2. The SMILES string of the molecule is NS(=O)(=O)c1cccc(NC(=O)CNCCNCC(=O)O)c1. The molecule has 9 nitrogen and oxygen atoms in total. The number of benzene rings is 1. The van der Waals surface area contributed by atoms with E-state index in [1.54, 1.807) is 6.07 Å². The van der Waals surface area contributed by atoms with Crippen LogP contribution in [0.1, 0.15) is 0 Å². The van der Waals surface area contributed by atoms with Gasteiger partial charge in [0.1, 0.15) is 0 Å². The van der Waals surface area contributed by atoms with Crippen LogP contribution in [-0.2, 0) is 19.6 Å². The maximum Gasteiger partial charge on any atom is 0.317 e. The Balaban J connectivity index is 2.35. The number of primary sulfonamides is 1. The normalized spacial score (nSPS) is 11.1. The zero-order chi connectivity index (χ0) is 16.6. The lowest BCUT2D eigenvalue weighted by Crippen LogP contribution is -2.35. The highest BCUT2D eigenvalue weighted by Crippen LogP contribution is 2.13. The molecule has 0 atom stereocenters. The van der Waals surface area contributed by atoms with Gasteiger partial charge in [-0.1, -0.05) is 6.07 Å². The summed E-state index contributed by atoms with van der Waals surface area (Å²) >= 11 is 0. The van der Waals surface area contributed by atoms with Crippen molar-refractivity contribution < 1.29 is 23.1 Å². The minimum atomic E-state index is -3.82. The molecule has 0 heterocycles. The number of anilines is 1. The first-order valence-electron chi connectivity index (χ1n) is 6.35. The van der Waals surface area contributed by atoms with Gasteiger partial charge in [-0.05, 0) is 18.2 Å². The molecule has 1 aromatic carbocycles. The molecule has 0 fully saturated rings. The highest BCUT2D eigenvalue weighted by Gasteiger charge is 2.09. The predicted molar refractivity (Wildman–Crippen MR) is 79.8 cm³/mol. The van der Waals surface area contributed by atoms with Crippen LogP contribution in [-0.4, -0.2) is 51.6 Å². The summed E-state index contributed by atoms with van der Waals surface area (Å²) in [6, 6.07) is 5.61. The van der Waals surface area contributed by atoms with Crippen LogP contribution in [0, 0.1) is 0 Å². The maximum atomic E-state index is 11.6. The van der Waals surface area contributed by atoms with Gasteiger partial charge in [-0.3, -0.25) is 9.59 Å². The van der Waals surface area contributed by atoms with Crippen molar-refractivity contribution in [3.05, 3.63) is 24.3 Å². The fourth-order valence-electron chi connectivity index (χ4n) is 1.53. The molecule has 1 aromatic rings. The number of carbonyl (C=O) groups excluding carboxylic acids is 1. The molecular formula is C12H18N4O5S. The Hall–Kier alpha value is -2.01. The van der Waals surface area contributed by atoms with Crippen molar-refractivity contribution in [1.82, 2.24) is 10.6 Å². The van der Waals surface area contributed by atoms with Crippen LogP contribution in [0.2, 0.25) is 0 Å². The van der Waals surface area contributed by atoms with Gasteiger partial charge in [0.05, 0.1) is 18.0 Å². The molecule has 0 saturated heterocycles. The number of sulfonamides is 1. The van der Waals surface area contributed by atoms with E-state index in [9.17, 15) is 18.0 Å². The van der Waals surface area contributed by atoms with Crippen LogP contribution in [0.3, 0.4) is 0 Å². The van der Waals surface area contributed by atoms with Crippen LogP contribution >= 0.6 is 0 Å². The summed E-state index contributed by atoms with van der Waals surface area (Å²) in [6.07, 6.45) is 0. The first kappa shape index (κ1) is 18.0. The van der Waals surface area contributed by atoms with Crippen molar-refractivity contribution in [2.24, 2.45) is 5.14 Å². The molecule has 1 amide bonds. The number of amides is 1. The number of hydrogen-bond acceptors (Lipinski definition) is 6. The van der Waals surface area contributed by atoms with E-state index in [0.717, 1.165) is 0 Å². The Morgan fingerprint density at radius 3 is 2.36 bits per heavy atom. The number of nitrogens with one attached hydrogen (secondary N) is 3. The fraction of sp³-hybridized carbons (Fsp3) is 0.333. The Kier molecular flexibility index (Phi) is 6.92. The molecule has 0 unspecified atom stereocenters. The van der Waals surface area contributed by atoms with Crippen LogP contribution < -0.4 is 21.1 Å². The van der Waals surface area contributed by atoms with Crippen LogP contribution in [0.25, 0.3) is 0 Å². The zero-order valence-electron chi connectivity index (χ0n) is 11.7. The monoisotopic (exact) mass is 330 g/mol. The summed E-state index contributed by atoms with van der Waals surface area (Å²) in [5, 5.41) is 21.4. The molecular weight excluding hydrogens is 312 g/mol. The Labute approximate surface area is 127 Å². The Morgan fingerprint density at radius 2 is 1.77 bits per heavy atom. The minimum Gasteiger partial charge on any atom is -0.480 e. The van der Waals surface area contributed by atoms with Gasteiger partial charge in [-0.2, -0.15) is 0 Å². The predicted octanol–water partition coefficient (Wildman–Crippen LogP) is -1.46. The summed E-state index contributed by atoms with van der Waals surface area (Å²) in [4.78, 5) is 21.8. The van der Waals surface area contributed by atoms with Crippen LogP contribution in [0.5, 0.6) is 0 Å². The second-order valence-corrected chi connectivity index (χ2v) is 5.93. The molecule has 122 valence electrons. The van der Waals surface area contributed by atoms with Crippen molar-refractivity contribution in [2.45, 2.75) is 4.90 Å². The largest absolute Gasteiger partial charge is 0.480 e. The van der Waals surface area contributed by atoms with Gasteiger partial charge in [0.15, 0.2) is 0 Å². The van der Waals surface area contributed by atoms with Crippen molar-refractivity contribution in [3.63, 3.8) is 0 Å². The van der Waals surface area contributed by atoms with Gasteiger partial charge >= 0.3 is 5.97 Å². The van der Waals surface area contributed by atoms with Crippen LogP contribution in [0.15, 0.2) is 29.2 Å². The highest BCUT2D eigenvalue weighted by molar-refractivity contribution is 7.89. The summed E-state index contributed by atoms with van der Waals surface area (Å²) in [5.41, 5.74) is 0.322. The molecule has 0 saturated carbocycles. The summed E-state index contributed by atoms with van der Waals surface area (Å²) in [5.74, 6) is -1.31. The van der Waals surface area contributed by atoms with E-state index >= 15 is 0 Å². The molecule has 0 bridgehead atoms.